The summed E-state index contributed by atoms with van der Waals surface area (Å²) >= 11 is 0. The van der Waals surface area contributed by atoms with Crippen LogP contribution < -0.4 is 0 Å². The summed E-state index contributed by atoms with van der Waals surface area (Å²) in [4.78, 5) is 12.3. The number of carbonyl (C=O) groups excluding carboxylic acids is 1. The molecule has 0 heterocycles. The second kappa shape index (κ2) is 13.2. The number of carbonyl (C=O) groups is 1. The summed E-state index contributed by atoms with van der Waals surface area (Å²) in [6.45, 7) is 3.18. The Kier molecular flexibility index (Phi) is 11.1. The van der Waals surface area contributed by atoms with Gasteiger partial charge in [0.2, 0.25) is 0 Å². The molecule has 0 saturated carbocycles. The highest BCUT2D eigenvalue weighted by Gasteiger charge is 2.42. The molecule has 2 aromatic carbocycles. The minimum atomic E-state index is -4.29. The number of unbranched alkanes of at least 4 members (excludes halogenated alkanes) is 4. The van der Waals surface area contributed by atoms with Crippen LogP contribution in [0.4, 0.5) is 0 Å². The predicted octanol–water partition coefficient (Wildman–Crippen LogP) is 7.40. The molecule has 0 aliphatic heterocycles. The summed E-state index contributed by atoms with van der Waals surface area (Å²) in [6, 6.07) is 17.6. The van der Waals surface area contributed by atoms with Crippen LogP contribution in [-0.2, 0) is 24.4 Å². The quantitative estimate of drug-likeness (QED) is 0.129. The van der Waals surface area contributed by atoms with Crippen molar-refractivity contribution in [3.05, 3.63) is 71.8 Å². The van der Waals surface area contributed by atoms with E-state index < -0.39 is 30.5 Å². The van der Waals surface area contributed by atoms with Crippen molar-refractivity contribution in [1.82, 2.24) is 0 Å². The van der Waals surface area contributed by atoms with Crippen molar-refractivity contribution in [2.24, 2.45) is 0 Å². The van der Waals surface area contributed by atoms with Gasteiger partial charge in [-0.05, 0) is 50.7 Å². The lowest BCUT2D eigenvalue weighted by atomic mass is 9.93. The Balaban J connectivity index is 1.71. The lowest BCUT2D eigenvalue weighted by Crippen LogP contribution is -2.32. The fraction of sp³-hybridized carbons (Fsp3) is 0.519. The second-order valence-corrected chi connectivity index (χ2v) is 13.6. The average molecular weight is 541 g/mol. The summed E-state index contributed by atoms with van der Waals surface area (Å²) in [6.07, 6.45) is 5.49. The lowest BCUT2D eigenvalue weighted by molar-refractivity contribution is -0.119. The van der Waals surface area contributed by atoms with Crippen LogP contribution in [-0.4, -0.2) is 32.4 Å². The molecule has 202 valence electrons. The van der Waals surface area contributed by atoms with Crippen LogP contribution in [0.1, 0.15) is 89.2 Å². The highest BCUT2D eigenvalue weighted by atomic mass is 32.3. The monoisotopic (exact) mass is 540 g/mol. The zero-order chi connectivity index (χ0) is 26.9. The van der Waals surface area contributed by atoms with Crippen molar-refractivity contribution in [3.8, 4) is 0 Å². The number of Topliss-reactive ketones (excluding diaryl/α,β-unsaturated/α-hetero) is 1. The van der Waals surface area contributed by atoms with E-state index in [2.05, 4.69) is 0 Å². The molecule has 0 radical (unpaired) electrons. The molecule has 0 saturated heterocycles. The molecule has 0 fully saturated rings. The smallest absolute Gasteiger partial charge is 0.274 e. The molecule has 0 amide bonds. The van der Waals surface area contributed by atoms with E-state index >= 15 is 0 Å². The van der Waals surface area contributed by atoms with Crippen LogP contribution in [0.3, 0.4) is 0 Å². The van der Waals surface area contributed by atoms with Crippen molar-refractivity contribution >= 4 is 26.8 Å². The number of hydrogen-bond acceptors (Lipinski definition) is 6. The first-order valence-corrected chi connectivity index (χ1v) is 15.4. The first kappa shape index (κ1) is 30.5. The molecule has 0 spiro atoms. The Bertz CT molecular complexity index is 1050. The van der Waals surface area contributed by atoms with Gasteiger partial charge >= 0.3 is 0 Å². The van der Waals surface area contributed by atoms with Gasteiger partial charge in [-0.1, -0.05) is 86.3 Å². The first-order chi connectivity index (χ1) is 16.8. The van der Waals surface area contributed by atoms with Crippen molar-refractivity contribution in [2.45, 2.75) is 87.5 Å². The molecular weight excluding hydrogens is 500 g/mol. The molecule has 2 aromatic rings. The van der Waals surface area contributed by atoms with Gasteiger partial charge in [-0.3, -0.25) is 9.35 Å². The fourth-order valence-electron chi connectivity index (χ4n) is 4.49. The summed E-state index contributed by atoms with van der Waals surface area (Å²) < 4.78 is 61.5. The summed E-state index contributed by atoms with van der Waals surface area (Å²) in [5.74, 6) is 0.146. The molecule has 4 N–H and O–H groups in total. The molecular formula is C27H40O7S2. The fourth-order valence-corrected chi connectivity index (χ4v) is 6.20. The van der Waals surface area contributed by atoms with E-state index in [9.17, 15) is 31.4 Å². The Hall–Kier alpha value is -1.75. The van der Waals surface area contributed by atoms with Gasteiger partial charge in [0, 0.05) is 12.8 Å². The van der Waals surface area contributed by atoms with E-state index in [1.807, 2.05) is 6.07 Å². The maximum atomic E-state index is 12.3. The van der Waals surface area contributed by atoms with E-state index in [1.165, 1.54) is 6.92 Å². The van der Waals surface area contributed by atoms with Crippen LogP contribution in [0.5, 0.6) is 0 Å². The minimum absolute atomic E-state index is 0.146. The van der Waals surface area contributed by atoms with Crippen LogP contribution in [0.2, 0.25) is 0 Å². The maximum absolute atomic E-state index is 12.3. The van der Waals surface area contributed by atoms with Gasteiger partial charge in [0.15, 0.2) is 0 Å². The van der Waals surface area contributed by atoms with Crippen molar-refractivity contribution in [3.63, 3.8) is 0 Å². The Morgan fingerprint density at radius 1 is 0.639 bits per heavy atom. The van der Waals surface area contributed by atoms with E-state index in [-0.39, 0.29) is 12.2 Å². The maximum Gasteiger partial charge on any atom is 0.274 e. The van der Waals surface area contributed by atoms with Gasteiger partial charge in [0.05, 0.1) is 15.6 Å². The van der Waals surface area contributed by atoms with Crippen LogP contribution >= 0.6 is 10.9 Å². The molecule has 0 aromatic heterocycles. The third kappa shape index (κ3) is 8.13. The molecule has 9 heteroatoms. The van der Waals surface area contributed by atoms with Crippen molar-refractivity contribution in [2.75, 3.05) is 0 Å². The molecule has 2 unspecified atom stereocenters. The third-order valence-electron chi connectivity index (χ3n) is 7.16. The largest absolute Gasteiger partial charge is 0.308 e. The van der Waals surface area contributed by atoms with Crippen LogP contribution in [0.25, 0.3) is 0 Å². The number of ketones is 1. The van der Waals surface area contributed by atoms with E-state index in [1.54, 1.807) is 61.5 Å². The molecule has 7 nitrogen and oxygen atoms in total. The molecule has 36 heavy (non-hydrogen) atoms. The standard InChI is InChI=1S/C27H40O7S2/c1-26(35(29,30)31,23-15-7-3-8-16-23)21-13-5-11-19-25(28)20-12-6-14-22-27(2,36(32,33)34)24-17-9-4-10-18-24/h3-4,7-10,15-18,29-31H,5-6,11-14,19-22H2,1-2H3,(H,32,33,34). The molecule has 0 bridgehead atoms. The van der Waals surface area contributed by atoms with Crippen LogP contribution in [0, 0.1) is 0 Å². The zero-order valence-electron chi connectivity index (χ0n) is 21.2. The minimum Gasteiger partial charge on any atom is -0.308 e. The number of rotatable bonds is 16. The van der Waals surface area contributed by atoms with Gasteiger partial charge in [0.1, 0.15) is 10.5 Å². The molecule has 2 rings (SSSR count). The molecule has 2 atom stereocenters. The van der Waals surface area contributed by atoms with Crippen molar-refractivity contribution < 1.29 is 31.4 Å². The van der Waals surface area contributed by atoms with Crippen LogP contribution in [0.15, 0.2) is 60.7 Å². The highest BCUT2D eigenvalue weighted by molar-refractivity contribution is 8.20. The lowest BCUT2D eigenvalue weighted by Gasteiger charge is -2.40. The van der Waals surface area contributed by atoms with Gasteiger partial charge < -0.3 is 13.7 Å². The van der Waals surface area contributed by atoms with Gasteiger partial charge in [-0.15, -0.1) is 0 Å². The SMILES string of the molecule is CC(CCCCCC(=O)CCCCCC(C)(c1ccccc1)S(=O)(=O)O)(c1ccccc1)S(O)(O)O. The second-order valence-electron chi connectivity index (χ2n) is 9.85. The Morgan fingerprint density at radius 2 is 1.03 bits per heavy atom. The summed E-state index contributed by atoms with van der Waals surface area (Å²) in [5.41, 5.74) is 1.22. The first-order valence-electron chi connectivity index (χ1n) is 12.4. The van der Waals surface area contributed by atoms with Gasteiger partial charge in [-0.25, -0.2) is 0 Å². The zero-order valence-corrected chi connectivity index (χ0v) is 22.8. The molecule has 0 aliphatic carbocycles. The Labute approximate surface area is 217 Å². The summed E-state index contributed by atoms with van der Waals surface area (Å²) in [7, 11) is -8.09. The summed E-state index contributed by atoms with van der Waals surface area (Å²) in [5, 5.41) is 0. The van der Waals surface area contributed by atoms with E-state index in [0.717, 1.165) is 6.42 Å². The topological polar surface area (TPSA) is 132 Å². The number of benzene rings is 2. The predicted molar refractivity (Wildman–Crippen MR) is 146 cm³/mol. The third-order valence-corrected chi connectivity index (χ3v) is 10.4. The number of hydrogen-bond donors (Lipinski definition) is 4. The van der Waals surface area contributed by atoms with Gasteiger partial charge in [-0.2, -0.15) is 8.42 Å². The van der Waals surface area contributed by atoms with E-state index in [0.29, 0.717) is 62.5 Å². The highest BCUT2D eigenvalue weighted by Crippen LogP contribution is 2.57. The normalized spacial score (nSPS) is 16.2. The average Bonchev–Trinajstić information content (AvgIpc) is 2.83. The van der Waals surface area contributed by atoms with E-state index in [4.69, 9.17) is 0 Å². The van der Waals surface area contributed by atoms with Gasteiger partial charge in [0.25, 0.3) is 10.1 Å². The molecule has 0 aliphatic rings. The van der Waals surface area contributed by atoms with Crippen molar-refractivity contribution in [1.29, 1.82) is 0 Å². The Morgan fingerprint density at radius 3 is 1.42 bits per heavy atom.